The van der Waals surface area contributed by atoms with Crippen molar-refractivity contribution in [2.75, 3.05) is 0 Å². The van der Waals surface area contributed by atoms with E-state index in [-0.39, 0.29) is 0 Å². The molecule has 0 atom stereocenters. The molecule has 0 aromatic rings. The maximum atomic E-state index is 3.73. The van der Waals surface area contributed by atoms with E-state index in [0.29, 0.717) is 0 Å². The molecule has 0 N–H and O–H groups in total. The summed E-state index contributed by atoms with van der Waals surface area (Å²) in [6.07, 6.45) is 10.0. The predicted octanol–water partition coefficient (Wildman–Crippen LogP) is 4.15. The third-order valence-electron chi connectivity index (χ3n) is 1.83. The molecule has 1 radical (unpaired) electrons. The first kappa shape index (κ1) is 11.5. The average Bonchev–Trinajstić information content (AvgIpc) is 2.03. The van der Waals surface area contributed by atoms with Crippen molar-refractivity contribution in [1.82, 2.24) is 0 Å². The van der Waals surface area contributed by atoms with Gasteiger partial charge in [-0.2, -0.15) is 0 Å². The van der Waals surface area contributed by atoms with Crippen molar-refractivity contribution in [1.29, 1.82) is 0 Å². The highest BCUT2D eigenvalue weighted by atomic mass is 13.9. The van der Waals surface area contributed by atoms with Crippen LogP contribution in [0.2, 0.25) is 0 Å². The van der Waals surface area contributed by atoms with Crippen LogP contribution in [0.4, 0.5) is 0 Å². The second-order valence-electron chi connectivity index (χ2n) is 3.69. The lowest BCUT2D eigenvalue weighted by Crippen LogP contribution is -1.81. The van der Waals surface area contributed by atoms with E-state index in [1.54, 1.807) is 0 Å². The lowest BCUT2D eigenvalue weighted by molar-refractivity contribution is 0.662. The normalized spacial score (nSPS) is 13.2. The Morgan fingerprint density at radius 2 is 2.00 bits per heavy atom. The number of hydrogen-bond donors (Lipinski definition) is 0. The van der Waals surface area contributed by atoms with Crippen molar-refractivity contribution >= 4 is 0 Å². The zero-order valence-corrected chi connectivity index (χ0v) is 8.64. The summed E-state index contributed by atoms with van der Waals surface area (Å²) in [6, 6.07) is 0. The van der Waals surface area contributed by atoms with Gasteiger partial charge < -0.3 is 0 Å². The van der Waals surface area contributed by atoms with Gasteiger partial charge in [0.25, 0.3) is 0 Å². The minimum absolute atomic E-state index is 0.783. The van der Waals surface area contributed by atoms with E-state index < -0.39 is 0 Å². The minimum atomic E-state index is 0.783. The SMILES string of the molecule is [CH2]C=C(C)CCC=CCC(C)C. The first-order valence-corrected chi connectivity index (χ1v) is 4.76. The standard InChI is InChI=1S/C12H21/c1-5-12(4)10-8-6-7-9-11(2)3/h5-7,11H,1,8-10H2,2-4H3. The predicted molar refractivity (Wildman–Crippen MR) is 56.9 cm³/mol. The quantitative estimate of drug-likeness (QED) is 0.537. The van der Waals surface area contributed by atoms with Gasteiger partial charge in [0.2, 0.25) is 0 Å². The Hall–Kier alpha value is -0.520. The van der Waals surface area contributed by atoms with Crippen molar-refractivity contribution in [3.63, 3.8) is 0 Å². The van der Waals surface area contributed by atoms with E-state index in [2.05, 4.69) is 39.8 Å². The molecule has 0 aliphatic heterocycles. The third-order valence-corrected chi connectivity index (χ3v) is 1.83. The maximum Gasteiger partial charge on any atom is -0.0288 e. The Labute approximate surface area is 77.4 Å². The Morgan fingerprint density at radius 3 is 2.50 bits per heavy atom. The summed E-state index contributed by atoms with van der Waals surface area (Å²) in [4.78, 5) is 0. The number of allylic oxidation sites excluding steroid dienone is 4. The molecule has 0 spiro atoms. The first-order valence-electron chi connectivity index (χ1n) is 4.76. The van der Waals surface area contributed by atoms with E-state index in [1.807, 2.05) is 6.08 Å². The molecule has 0 fully saturated rings. The van der Waals surface area contributed by atoms with E-state index >= 15 is 0 Å². The number of rotatable bonds is 5. The molecule has 12 heavy (non-hydrogen) atoms. The van der Waals surface area contributed by atoms with Gasteiger partial charge >= 0.3 is 0 Å². The second kappa shape index (κ2) is 7.15. The first-order chi connectivity index (χ1) is 5.66. The van der Waals surface area contributed by atoms with Crippen molar-refractivity contribution in [2.24, 2.45) is 5.92 Å². The molecule has 0 amide bonds. The summed E-state index contributed by atoms with van der Waals surface area (Å²) < 4.78 is 0. The van der Waals surface area contributed by atoms with E-state index in [9.17, 15) is 0 Å². The van der Waals surface area contributed by atoms with Crippen molar-refractivity contribution < 1.29 is 0 Å². The molecule has 0 saturated heterocycles. The summed E-state index contributed by atoms with van der Waals surface area (Å²) in [5.41, 5.74) is 1.38. The van der Waals surface area contributed by atoms with Gasteiger partial charge in [-0.3, -0.25) is 0 Å². The highest BCUT2D eigenvalue weighted by molar-refractivity contribution is 5.01. The molecule has 0 nitrogen and oxygen atoms in total. The van der Waals surface area contributed by atoms with E-state index in [0.717, 1.165) is 18.8 Å². The molecule has 0 saturated carbocycles. The Morgan fingerprint density at radius 1 is 1.33 bits per heavy atom. The largest absolute Gasteiger partial charge is 0.0883 e. The smallest absolute Gasteiger partial charge is 0.0288 e. The van der Waals surface area contributed by atoms with E-state index in [1.165, 1.54) is 12.0 Å². The summed E-state index contributed by atoms with van der Waals surface area (Å²) in [5.74, 6) is 0.783. The van der Waals surface area contributed by atoms with Crippen LogP contribution < -0.4 is 0 Å². The van der Waals surface area contributed by atoms with Crippen molar-refractivity contribution in [3.05, 3.63) is 30.7 Å². The fraction of sp³-hybridized carbons (Fsp3) is 0.583. The van der Waals surface area contributed by atoms with Crippen LogP contribution in [0, 0.1) is 12.8 Å². The Kier molecular flexibility index (Phi) is 6.84. The summed E-state index contributed by atoms with van der Waals surface area (Å²) in [7, 11) is 0. The van der Waals surface area contributed by atoms with Gasteiger partial charge in [-0.05, 0) is 39.0 Å². The molecule has 0 aliphatic rings. The number of hydrogen-bond acceptors (Lipinski definition) is 0. The Balaban J connectivity index is 3.37. The van der Waals surface area contributed by atoms with Crippen LogP contribution in [0.3, 0.4) is 0 Å². The zero-order valence-electron chi connectivity index (χ0n) is 8.64. The highest BCUT2D eigenvalue weighted by Crippen LogP contribution is 2.05. The monoisotopic (exact) mass is 165 g/mol. The van der Waals surface area contributed by atoms with Crippen LogP contribution in [0.1, 0.15) is 40.0 Å². The van der Waals surface area contributed by atoms with Crippen molar-refractivity contribution in [3.8, 4) is 0 Å². The lowest BCUT2D eigenvalue weighted by Gasteiger charge is -1.97. The third kappa shape index (κ3) is 7.59. The van der Waals surface area contributed by atoms with Crippen molar-refractivity contribution in [2.45, 2.75) is 40.0 Å². The van der Waals surface area contributed by atoms with Gasteiger partial charge in [0, 0.05) is 0 Å². The van der Waals surface area contributed by atoms with Crippen LogP contribution >= 0.6 is 0 Å². The van der Waals surface area contributed by atoms with Crippen LogP contribution in [-0.4, -0.2) is 0 Å². The Bertz CT molecular complexity index is 149. The molecule has 0 aromatic heterocycles. The lowest BCUT2D eigenvalue weighted by atomic mass is 10.1. The van der Waals surface area contributed by atoms with E-state index in [4.69, 9.17) is 0 Å². The topological polar surface area (TPSA) is 0 Å². The van der Waals surface area contributed by atoms with Gasteiger partial charge in [-0.15, -0.1) is 0 Å². The molecule has 0 unspecified atom stereocenters. The average molecular weight is 165 g/mol. The molecule has 0 bridgehead atoms. The minimum Gasteiger partial charge on any atom is -0.0883 e. The fourth-order valence-corrected chi connectivity index (χ4v) is 0.899. The zero-order chi connectivity index (χ0) is 9.40. The van der Waals surface area contributed by atoms with Gasteiger partial charge in [0.1, 0.15) is 0 Å². The summed E-state index contributed by atoms with van der Waals surface area (Å²) in [6.45, 7) is 10.3. The fourth-order valence-electron chi connectivity index (χ4n) is 0.899. The molecule has 69 valence electrons. The molecular weight excluding hydrogens is 144 g/mol. The van der Waals surface area contributed by atoms with Gasteiger partial charge in [0.05, 0.1) is 0 Å². The molecule has 0 aliphatic carbocycles. The molecular formula is C12H21. The molecule has 0 heteroatoms. The highest BCUT2D eigenvalue weighted by Gasteiger charge is 1.87. The van der Waals surface area contributed by atoms with Gasteiger partial charge in [-0.25, -0.2) is 0 Å². The van der Waals surface area contributed by atoms with Crippen LogP contribution in [0.15, 0.2) is 23.8 Å². The maximum absolute atomic E-state index is 3.73. The van der Waals surface area contributed by atoms with Crippen LogP contribution in [0.5, 0.6) is 0 Å². The summed E-state index contributed by atoms with van der Waals surface area (Å²) >= 11 is 0. The van der Waals surface area contributed by atoms with Gasteiger partial charge in [-0.1, -0.05) is 37.6 Å². The van der Waals surface area contributed by atoms with Crippen LogP contribution in [0.25, 0.3) is 0 Å². The second-order valence-corrected chi connectivity index (χ2v) is 3.69. The molecule has 0 heterocycles. The van der Waals surface area contributed by atoms with Gasteiger partial charge in [0.15, 0.2) is 0 Å². The molecule has 0 aromatic carbocycles. The summed E-state index contributed by atoms with van der Waals surface area (Å²) in [5, 5.41) is 0. The van der Waals surface area contributed by atoms with Crippen LogP contribution in [-0.2, 0) is 0 Å². The molecule has 0 rings (SSSR count).